The summed E-state index contributed by atoms with van der Waals surface area (Å²) in [5.74, 6) is -0.813. The molecular weight excluding hydrogens is 284 g/mol. The molecule has 6 heteroatoms. The normalized spacial score (nSPS) is 12.1. The van der Waals surface area contributed by atoms with Crippen LogP contribution in [0.25, 0.3) is 10.9 Å². The molecule has 0 fully saturated rings. The van der Waals surface area contributed by atoms with E-state index in [1.165, 1.54) is 7.11 Å². The van der Waals surface area contributed by atoms with Gasteiger partial charge >= 0.3 is 5.97 Å². The van der Waals surface area contributed by atoms with Crippen molar-refractivity contribution in [3.05, 3.63) is 36.0 Å². The lowest BCUT2D eigenvalue weighted by Crippen LogP contribution is -2.44. The minimum atomic E-state index is -0.739. The quantitative estimate of drug-likeness (QED) is 0.758. The van der Waals surface area contributed by atoms with Gasteiger partial charge < -0.3 is 19.8 Å². The summed E-state index contributed by atoms with van der Waals surface area (Å²) in [6.07, 6.45) is 2.20. The van der Waals surface area contributed by atoms with Gasteiger partial charge in [-0.1, -0.05) is 18.2 Å². The molecule has 2 aromatic rings. The average Bonchev–Trinajstić information content (AvgIpc) is 2.94. The van der Waals surface area contributed by atoms with Crippen LogP contribution in [-0.2, 0) is 25.5 Å². The van der Waals surface area contributed by atoms with Gasteiger partial charge in [0.15, 0.2) is 0 Å². The summed E-state index contributed by atoms with van der Waals surface area (Å²) in [5, 5.41) is 3.68. The minimum absolute atomic E-state index is 0.0715. The molecule has 0 saturated heterocycles. The van der Waals surface area contributed by atoms with E-state index in [0.29, 0.717) is 13.0 Å². The first kappa shape index (κ1) is 16.0. The lowest BCUT2D eigenvalue weighted by molar-refractivity contribution is -0.145. The van der Waals surface area contributed by atoms with Crippen LogP contribution in [0, 0.1) is 0 Å². The number of methoxy groups -OCH3 is 1. The number of para-hydroxylation sites is 1. The van der Waals surface area contributed by atoms with Crippen molar-refractivity contribution in [3.8, 4) is 0 Å². The SMILES string of the molecule is CCOCC(=O)NC(Cc1c[nH]c2ccccc12)C(=O)OC. The predicted octanol–water partition coefficient (Wildman–Crippen LogP) is 1.40. The molecule has 1 heterocycles. The molecule has 0 spiro atoms. The number of ether oxygens (including phenoxy) is 2. The Hall–Kier alpha value is -2.34. The van der Waals surface area contributed by atoms with E-state index in [1.54, 1.807) is 6.92 Å². The van der Waals surface area contributed by atoms with Gasteiger partial charge in [-0.25, -0.2) is 4.79 Å². The molecular formula is C16H20N2O4. The predicted molar refractivity (Wildman–Crippen MR) is 82.4 cm³/mol. The Kier molecular flexibility index (Phi) is 5.55. The Morgan fingerprint density at radius 3 is 2.82 bits per heavy atom. The lowest BCUT2D eigenvalue weighted by atomic mass is 10.0. The van der Waals surface area contributed by atoms with Gasteiger partial charge in [-0.15, -0.1) is 0 Å². The molecule has 1 aromatic carbocycles. The van der Waals surface area contributed by atoms with Crippen LogP contribution in [0.15, 0.2) is 30.5 Å². The van der Waals surface area contributed by atoms with E-state index in [-0.39, 0.29) is 12.5 Å². The second kappa shape index (κ2) is 7.61. The Labute approximate surface area is 128 Å². The highest BCUT2D eigenvalue weighted by Gasteiger charge is 2.23. The summed E-state index contributed by atoms with van der Waals surface area (Å²) in [4.78, 5) is 26.8. The summed E-state index contributed by atoms with van der Waals surface area (Å²) in [6, 6.07) is 7.05. The molecule has 0 saturated carbocycles. The molecule has 1 unspecified atom stereocenters. The monoisotopic (exact) mass is 304 g/mol. The maximum absolute atomic E-state index is 11.9. The van der Waals surface area contributed by atoms with Crippen LogP contribution in [-0.4, -0.2) is 43.2 Å². The van der Waals surface area contributed by atoms with Crippen LogP contribution < -0.4 is 5.32 Å². The number of hydrogen-bond donors (Lipinski definition) is 2. The highest BCUT2D eigenvalue weighted by atomic mass is 16.5. The number of hydrogen-bond acceptors (Lipinski definition) is 4. The fraction of sp³-hybridized carbons (Fsp3) is 0.375. The minimum Gasteiger partial charge on any atom is -0.467 e. The number of benzene rings is 1. The largest absolute Gasteiger partial charge is 0.467 e. The van der Waals surface area contributed by atoms with Crippen molar-refractivity contribution in [1.82, 2.24) is 10.3 Å². The maximum Gasteiger partial charge on any atom is 0.328 e. The molecule has 0 bridgehead atoms. The molecule has 1 atom stereocenters. The van der Waals surface area contributed by atoms with Crippen LogP contribution in [0.5, 0.6) is 0 Å². The van der Waals surface area contributed by atoms with E-state index < -0.39 is 12.0 Å². The fourth-order valence-corrected chi connectivity index (χ4v) is 2.29. The first-order valence-corrected chi connectivity index (χ1v) is 7.15. The molecule has 118 valence electrons. The van der Waals surface area contributed by atoms with Crippen LogP contribution in [0.3, 0.4) is 0 Å². The smallest absolute Gasteiger partial charge is 0.328 e. The Balaban J connectivity index is 2.12. The summed E-state index contributed by atoms with van der Waals surface area (Å²) < 4.78 is 9.82. The first-order valence-electron chi connectivity index (χ1n) is 7.15. The molecule has 1 amide bonds. The first-order chi connectivity index (χ1) is 10.7. The average molecular weight is 304 g/mol. The van der Waals surface area contributed by atoms with Crippen molar-refractivity contribution in [1.29, 1.82) is 0 Å². The second-order valence-electron chi connectivity index (χ2n) is 4.84. The van der Waals surface area contributed by atoms with E-state index in [9.17, 15) is 9.59 Å². The fourth-order valence-electron chi connectivity index (χ4n) is 2.29. The molecule has 2 N–H and O–H groups in total. The molecule has 0 radical (unpaired) electrons. The highest BCUT2D eigenvalue weighted by Crippen LogP contribution is 2.19. The third kappa shape index (κ3) is 3.85. The van der Waals surface area contributed by atoms with E-state index >= 15 is 0 Å². The van der Waals surface area contributed by atoms with Crippen LogP contribution in [0.2, 0.25) is 0 Å². The van der Waals surface area contributed by atoms with Gasteiger partial charge in [0.05, 0.1) is 7.11 Å². The van der Waals surface area contributed by atoms with E-state index in [0.717, 1.165) is 16.5 Å². The topological polar surface area (TPSA) is 80.4 Å². The molecule has 6 nitrogen and oxygen atoms in total. The van der Waals surface area contributed by atoms with Crippen molar-refractivity contribution in [2.75, 3.05) is 20.3 Å². The molecule has 0 aliphatic carbocycles. The van der Waals surface area contributed by atoms with Crippen LogP contribution in [0.4, 0.5) is 0 Å². The zero-order valence-corrected chi connectivity index (χ0v) is 12.7. The van der Waals surface area contributed by atoms with Gasteiger partial charge in [-0.05, 0) is 18.6 Å². The van der Waals surface area contributed by atoms with Gasteiger partial charge in [0.25, 0.3) is 0 Å². The number of nitrogens with one attached hydrogen (secondary N) is 2. The number of aromatic nitrogens is 1. The van der Waals surface area contributed by atoms with Gasteiger partial charge in [0, 0.05) is 30.1 Å². The van der Waals surface area contributed by atoms with E-state index in [1.807, 2.05) is 30.5 Å². The van der Waals surface area contributed by atoms with Crippen LogP contribution >= 0.6 is 0 Å². The number of amides is 1. The van der Waals surface area contributed by atoms with Gasteiger partial charge in [-0.2, -0.15) is 0 Å². The summed E-state index contributed by atoms with van der Waals surface area (Å²) >= 11 is 0. The number of carbonyl (C=O) groups is 2. The van der Waals surface area contributed by atoms with Crippen molar-refractivity contribution < 1.29 is 19.1 Å². The number of esters is 1. The van der Waals surface area contributed by atoms with Gasteiger partial charge in [0.2, 0.25) is 5.91 Å². The van der Waals surface area contributed by atoms with Crippen molar-refractivity contribution in [3.63, 3.8) is 0 Å². The second-order valence-corrected chi connectivity index (χ2v) is 4.84. The van der Waals surface area contributed by atoms with E-state index in [2.05, 4.69) is 10.3 Å². The van der Waals surface area contributed by atoms with Gasteiger partial charge in [0.1, 0.15) is 12.6 Å². The van der Waals surface area contributed by atoms with Crippen LogP contribution in [0.1, 0.15) is 12.5 Å². The van der Waals surface area contributed by atoms with Crippen molar-refractivity contribution >= 4 is 22.8 Å². The summed E-state index contributed by atoms with van der Waals surface area (Å²) in [5.41, 5.74) is 1.93. The number of aromatic amines is 1. The molecule has 2 rings (SSSR count). The molecule has 22 heavy (non-hydrogen) atoms. The zero-order valence-electron chi connectivity index (χ0n) is 12.7. The Morgan fingerprint density at radius 2 is 2.09 bits per heavy atom. The summed E-state index contributed by atoms with van der Waals surface area (Å²) in [7, 11) is 1.30. The maximum atomic E-state index is 11.9. The molecule has 0 aliphatic heterocycles. The number of fused-ring (bicyclic) bond motifs is 1. The third-order valence-electron chi connectivity index (χ3n) is 3.36. The Morgan fingerprint density at radius 1 is 1.32 bits per heavy atom. The standard InChI is InChI=1S/C16H20N2O4/c1-3-22-10-15(19)18-14(16(20)21-2)8-11-9-17-13-7-5-4-6-12(11)13/h4-7,9,14,17H,3,8,10H2,1-2H3,(H,18,19). The van der Waals surface area contributed by atoms with Crippen molar-refractivity contribution in [2.24, 2.45) is 0 Å². The Bertz CT molecular complexity index is 650. The van der Waals surface area contributed by atoms with Gasteiger partial charge in [-0.3, -0.25) is 4.79 Å². The lowest BCUT2D eigenvalue weighted by Gasteiger charge is -2.16. The highest BCUT2D eigenvalue weighted by molar-refractivity contribution is 5.87. The number of carbonyl (C=O) groups excluding carboxylic acids is 2. The van der Waals surface area contributed by atoms with Crippen molar-refractivity contribution in [2.45, 2.75) is 19.4 Å². The number of H-pyrrole nitrogens is 1. The third-order valence-corrected chi connectivity index (χ3v) is 3.36. The molecule has 0 aliphatic rings. The zero-order chi connectivity index (χ0) is 15.9. The summed E-state index contributed by atoms with van der Waals surface area (Å²) in [6.45, 7) is 2.17. The number of rotatable bonds is 7. The van der Waals surface area contributed by atoms with E-state index in [4.69, 9.17) is 9.47 Å². The molecule has 1 aromatic heterocycles.